The number of nitrogens with zero attached hydrogens (tertiary/aromatic N) is 2. The average molecular weight is 348 g/mol. The Hall–Kier alpha value is -0.530. The van der Waals surface area contributed by atoms with Crippen molar-refractivity contribution in [1.82, 2.24) is 9.78 Å². The topological polar surface area (TPSA) is 56.1 Å². The molecule has 0 spiro atoms. The first-order valence-electron chi connectivity index (χ1n) is 6.15. The normalized spacial score (nSPS) is 16.4. The summed E-state index contributed by atoms with van der Waals surface area (Å²) in [7, 11) is 1.60. The van der Waals surface area contributed by atoms with Crippen LogP contribution in [0.5, 0.6) is 0 Å². The monoisotopic (exact) mass is 347 g/mol. The maximum Gasteiger partial charge on any atom is 0.283 e. The van der Waals surface area contributed by atoms with E-state index in [1.807, 2.05) is 11.8 Å². The smallest absolute Gasteiger partial charge is 0.283 e. The number of hydrogen-bond donors (Lipinski definition) is 1. The third kappa shape index (κ3) is 3.52. The Kier molecular flexibility index (Phi) is 4.92. The molecule has 1 fully saturated rings. The van der Waals surface area contributed by atoms with Crippen LogP contribution in [0.15, 0.2) is 15.5 Å². The Labute approximate surface area is 125 Å². The number of thioether (sulfide) groups is 1. The number of anilines is 1. The first-order valence-corrected chi connectivity index (χ1v) is 8.17. The van der Waals surface area contributed by atoms with Crippen LogP contribution in [0.2, 0.25) is 0 Å². The summed E-state index contributed by atoms with van der Waals surface area (Å²) in [5.41, 5.74) is 0.634. The number of aromatic nitrogens is 2. The lowest BCUT2D eigenvalue weighted by Gasteiger charge is -2.15. The summed E-state index contributed by atoms with van der Waals surface area (Å²) >= 11 is 5.23. The van der Waals surface area contributed by atoms with E-state index < -0.39 is 0 Å². The molecule has 5 nitrogen and oxygen atoms in total. The van der Waals surface area contributed by atoms with E-state index in [2.05, 4.69) is 32.6 Å². The van der Waals surface area contributed by atoms with Crippen LogP contribution in [0.3, 0.4) is 0 Å². The highest BCUT2D eigenvalue weighted by atomic mass is 79.9. The molecule has 0 atom stereocenters. The molecule has 1 N–H and O–H groups in total. The Bertz CT molecular complexity index is 502. The fourth-order valence-corrected chi connectivity index (χ4v) is 2.95. The summed E-state index contributed by atoms with van der Waals surface area (Å²) in [6.07, 6.45) is 6.29. The first kappa shape index (κ1) is 14.9. The molecule has 1 heterocycles. The molecule has 19 heavy (non-hydrogen) atoms. The minimum Gasteiger partial charge on any atom is -0.383 e. The predicted octanol–water partition coefficient (Wildman–Crippen LogP) is 1.96. The largest absolute Gasteiger partial charge is 0.383 e. The van der Waals surface area contributed by atoms with Crippen molar-refractivity contribution in [1.29, 1.82) is 0 Å². The van der Waals surface area contributed by atoms with Gasteiger partial charge >= 0.3 is 0 Å². The van der Waals surface area contributed by atoms with E-state index >= 15 is 0 Å². The molecular formula is C12H18BrN3O2S. The molecule has 0 unspecified atom stereocenters. The number of halogens is 1. The highest BCUT2D eigenvalue weighted by Gasteiger charge is 2.41. The van der Waals surface area contributed by atoms with Crippen molar-refractivity contribution >= 4 is 33.4 Å². The summed E-state index contributed by atoms with van der Waals surface area (Å²) in [6.45, 7) is 1.81. The molecular weight excluding hydrogens is 330 g/mol. The molecule has 0 amide bonds. The van der Waals surface area contributed by atoms with Crippen molar-refractivity contribution in [2.45, 2.75) is 24.1 Å². The highest BCUT2D eigenvalue weighted by molar-refractivity contribution is 9.10. The Morgan fingerprint density at radius 2 is 2.37 bits per heavy atom. The zero-order valence-electron chi connectivity index (χ0n) is 11.1. The van der Waals surface area contributed by atoms with Crippen LogP contribution in [0.25, 0.3) is 0 Å². The van der Waals surface area contributed by atoms with E-state index in [0.717, 1.165) is 12.2 Å². The van der Waals surface area contributed by atoms with Gasteiger partial charge in [-0.05, 0) is 35.0 Å². The molecule has 1 aliphatic carbocycles. The van der Waals surface area contributed by atoms with Gasteiger partial charge in [0.25, 0.3) is 5.56 Å². The lowest BCUT2D eigenvalue weighted by atomic mass is 10.3. The van der Waals surface area contributed by atoms with Crippen molar-refractivity contribution in [3.05, 3.63) is 21.0 Å². The lowest BCUT2D eigenvalue weighted by molar-refractivity contribution is 0.181. The number of rotatable bonds is 7. The minimum absolute atomic E-state index is 0.129. The van der Waals surface area contributed by atoms with Gasteiger partial charge in [-0.2, -0.15) is 16.9 Å². The number of hydrogen-bond acceptors (Lipinski definition) is 5. The van der Waals surface area contributed by atoms with Gasteiger partial charge in [0.05, 0.1) is 25.0 Å². The maximum atomic E-state index is 12.1. The third-order valence-corrected chi connectivity index (χ3v) is 5.52. The van der Waals surface area contributed by atoms with Crippen molar-refractivity contribution in [3.8, 4) is 0 Å². The standard InChI is InChI=1S/C12H18BrN3O2S/c1-18-6-5-16-11(17)10(13)9(7-15-16)14-8-12(19-2)3-4-12/h7,14H,3-6,8H2,1-2H3. The zero-order valence-corrected chi connectivity index (χ0v) is 13.5. The third-order valence-electron chi connectivity index (χ3n) is 3.33. The van der Waals surface area contributed by atoms with Crippen LogP contribution in [-0.2, 0) is 11.3 Å². The molecule has 0 saturated heterocycles. The lowest BCUT2D eigenvalue weighted by Crippen LogP contribution is -2.27. The molecule has 0 aliphatic heterocycles. The fraction of sp³-hybridized carbons (Fsp3) is 0.667. The summed E-state index contributed by atoms with van der Waals surface area (Å²) in [6, 6.07) is 0. The molecule has 0 aromatic carbocycles. The quantitative estimate of drug-likeness (QED) is 0.816. The summed E-state index contributed by atoms with van der Waals surface area (Å²) in [4.78, 5) is 12.1. The van der Waals surface area contributed by atoms with Gasteiger partial charge in [-0.3, -0.25) is 4.79 Å². The Morgan fingerprint density at radius 3 is 2.95 bits per heavy atom. The average Bonchev–Trinajstić information content (AvgIpc) is 3.20. The predicted molar refractivity (Wildman–Crippen MR) is 82.0 cm³/mol. The minimum atomic E-state index is -0.129. The van der Waals surface area contributed by atoms with E-state index in [-0.39, 0.29) is 5.56 Å². The van der Waals surface area contributed by atoms with Gasteiger partial charge in [-0.25, -0.2) is 4.68 Å². The second kappa shape index (κ2) is 6.28. The molecule has 0 bridgehead atoms. The van der Waals surface area contributed by atoms with Crippen LogP contribution in [0.1, 0.15) is 12.8 Å². The van der Waals surface area contributed by atoms with Gasteiger partial charge in [0.1, 0.15) is 4.47 Å². The summed E-state index contributed by atoms with van der Waals surface area (Å²) < 4.78 is 7.24. The van der Waals surface area contributed by atoms with Crippen molar-refractivity contribution in [2.75, 3.05) is 31.8 Å². The van der Waals surface area contributed by atoms with Crippen LogP contribution < -0.4 is 10.9 Å². The van der Waals surface area contributed by atoms with Crippen molar-refractivity contribution in [3.63, 3.8) is 0 Å². The molecule has 7 heteroatoms. The molecule has 2 rings (SSSR count). The van der Waals surface area contributed by atoms with E-state index in [4.69, 9.17) is 4.74 Å². The van der Waals surface area contributed by atoms with E-state index in [1.165, 1.54) is 17.5 Å². The SMILES string of the molecule is COCCn1ncc(NCC2(SC)CC2)c(Br)c1=O. The molecule has 1 saturated carbocycles. The highest BCUT2D eigenvalue weighted by Crippen LogP contribution is 2.47. The maximum absolute atomic E-state index is 12.1. The molecule has 1 aliphatic rings. The van der Waals surface area contributed by atoms with E-state index in [9.17, 15) is 4.79 Å². The van der Waals surface area contributed by atoms with Crippen LogP contribution in [0, 0.1) is 0 Å². The fourth-order valence-electron chi connectivity index (χ4n) is 1.77. The van der Waals surface area contributed by atoms with Crippen LogP contribution in [0.4, 0.5) is 5.69 Å². The van der Waals surface area contributed by atoms with E-state index in [0.29, 0.717) is 22.4 Å². The number of ether oxygens (including phenoxy) is 1. The van der Waals surface area contributed by atoms with Gasteiger partial charge < -0.3 is 10.1 Å². The molecule has 1 aromatic rings. The summed E-state index contributed by atoms with van der Waals surface area (Å²) in [5.74, 6) is 0. The first-order chi connectivity index (χ1) is 9.12. The molecule has 1 aromatic heterocycles. The molecule has 106 valence electrons. The van der Waals surface area contributed by atoms with Gasteiger partial charge in [-0.1, -0.05) is 0 Å². The summed E-state index contributed by atoms with van der Waals surface area (Å²) in [5, 5.41) is 7.46. The number of nitrogens with one attached hydrogen (secondary N) is 1. The number of methoxy groups -OCH3 is 1. The Morgan fingerprint density at radius 1 is 1.63 bits per heavy atom. The van der Waals surface area contributed by atoms with Crippen molar-refractivity contribution < 1.29 is 4.74 Å². The van der Waals surface area contributed by atoms with Crippen LogP contribution in [-0.4, -0.2) is 41.0 Å². The van der Waals surface area contributed by atoms with Gasteiger partial charge in [0.15, 0.2) is 0 Å². The second-order valence-electron chi connectivity index (χ2n) is 4.63. The van der Waals surface area contributed by atoms with E-state index in [1.54, 1.807) is 13.3 Å². The van der Waals surface area contributed by atoms with Gasteiger partial charge in [-0.15, -0.1) is 0 Å². The van der Waals surface area contributed by atoms with Gasteiger partial charge in [0.2, 0.25) is 0 Å². The molecule has 0 radical (unpaired) electrons. The second-order valence-corrected chi connectivity index (χ2v) is 6.70. The van der Waals surface area contributed by atoms with Crippen LogP contribution >= 0.6 is 27.7 Å². The van der Waals surface area contributed by atoms with Crippen molar-refractivity contribution in [2.24, 2.45) is 0 Å². The zero-order chi connectivity index (χ0) is 13.9. The Balaban J connectivity index is 2.06. The van der Waals surface area contributed by atoms with Gasteiger partial charge in [0, 0.05) is 18.4 Å².